The maximum Gasteiger partial charge on any atom is 0.153 e. The quantitative estimate of drug-likeness (QED) is 0.242. The van der Waals surface area contributed by atoms with Gasteiger partial charge in [-0.2, -0.15) is 0 Å². The molecule has 4 nitrogen and oxygen atoms in total. The Bertz CT molecular complexity index is 1330. The van der Waals surface area contributed by atoms with Crippen molar-refractivity contribution < 1.29 is 8.42 Å². The second-order valence-corrected chi connectivity index (χ2v) is 13.1. The van der Waals surface area contributed by atoms with Gasteiger partial charge in [0.15, 0.2) is 9.84 Å². The van der Waals surface area contributed by atoms with Crippen LogP contribution in [0.25, 0.3) is 0 Å². The van der Waals surface area contributed by atoms with Gasteiger partial charge < -0.3 is 0 Å². The van der Waals surface area contributed by atoms with E-state index in [9.17, 15) is 8.42 Å². The molecule has 1 aliphatic heterocycles. The summed E-state index contributed by atoms with van der Waals surface area (Å²) >= 11 is 0. The molecule has 0 unspecified atom stereocenters. The minimum Gasteiger partial charge on any atom is -0.289 e. The van der Waals surface area contributed by atoms with Crippen LogP contribution in [0.2, 0.25) is 0 Å². The van der Waals surface area contributed by atoms with Crippen molar-refractivity contribution in [3.05, 3.63) is 143 Å². The summed E-state index contributed by atoms with van der Waals surface area (Å²) in [5.74, 6) is 0.352. The Labute approximate surface area is 233 Å². The first-order valence-electron chi connectivity index (χ1n) is 13.7. The van der Waals surface area contributed by atoms with Gasteiger partial charge in [0.05, 0.1) is 11.5 Å². The van der Waals surface area contributed by atoms with Crippen LogP contribution in [0.3, 0.4) is 0 Å². The third-order valence-electron chi connectivity index (χ3n) is 7.70. The Morgan fingerprint density at radius 2 is 0.821 bits per heavy atom. The van der Waals surface area contributed by atoms with Crippen molar-refractivity contribution in [1.82, 2.24) is 9.80 Å². The summed E-state index contributed by atoms with van der Waals surface area (Å²) in [5.41, 5.74) is 7.24. The summed E-state index contributed by atoms with van der Waals surface area (Å²) in [4.78, 5) is 4.78. The zero-order valence-electron chi connectivity index (χ0n) is 22.9. The lowest BCUT2D eigenvalue weighted by Gasteiger charge is -2.38. The highest BCUT2D eigenvalue weighted by atomic mass is 32.2. The number of aryl methyl sites for hydroxylation is 2. The predicted octanol–water partition coefficient (Wildman–Crippen LogP) is 6.17. The minimum atomic E-state index is -3.20. The molecule has 1 fully saturated rings. The third-order valence-corrected chi connectivity index (χ3v) is 9.40. The lowest BCUT2D eigenvalue weighted by Crippen LogP contribution is -2.50. The maximum atomic E-state index is 13.3. The van der Waals surface area contributed by atoms with E-state index in [-0.39, 0.29) is 23.6 Å². The zero-order valence-corrected chi connectivity index (χ0v) is 23.7. The van der Waals surface area contributed by atoms with E-state index < -0.39 is 9.84 Å². The minimum absolute atomic E-state index is 0.120. The van der Waals surface area contributed by atoms with Gasteiger partial charge in [0.2, 0.25) is 0 Å². The second-order valence-electron chi connectivity index (χ2n) is 11.0. The Kier molecular flexibility index (Phi) is 8.61. The van der Waals surface area contributed by atoms with Crippen LogP contribution in [0.5, 0.6) is 0 Å². The topological polar surface area (TPSA) is 40.6 Å². The highest BCUT2D eigenvalue weighted by Crippen LogP contribution is 2.29. The van der Waals surface area contributed by atoms with Gasteiger partial charge in [-0.25, -0.2) is 8.42 Å². The normalized spacial score (nSPS) is 18.6. The fraction of sp³-hybridized carbons (Fsp3) is 0.294. The number of hydrogen-bond acceptors (Lipinski definition) is 4. The first kappa shape index (κ1) is 27.3. The Morgan fingerprint density at radius 3 is 1.15 bits per heavy atom. The smallest absolute Gasteiger partial charge is 0.153 e. The van der Waals surface area contributed by atoms with Crippen LogP contribution >= 0.6 is 0 Å². The van der Waals surface area contributed by atoms with Crippen molar-refractivity contribution in [3.63, 3.8) is 0 Å². The van der Waals surface area contributed by atoms with Gasteiger partial charge in [-0.15, -0.1) is 0 Å². The van der Waals surface area contributed by atoms with Crippen LogP contribution in [0.4, 0.5) is 0 Å². The highest BCUT2D eigenvalue weighted by Gasteiger charge is 2.44. The second kappa shape index (κ2) is 12.3. The van der Waals surface area contributed by atoms with E-state index >= 15 is 0 Å². The van der Waals surface area contributed by atoms with Gasteiger partial charge in [0, 0.05) is 38.3 Å². The molecule has 0 amide bonds. The molecule has 2 atom stereocenters. The van der Waals surface area contributed by atoms with E-state index in [0.717, 1.165) is 0 Å². The number of nitrogens with zero attached hydrogens (tertiary/aromatic N) is 2. The van der Waals surface area contributed by atoms with E-state index in [0.29, 0.717) is 26.2 Å². The Morgan fingerprint density at radius 1 is 0.513 bits per heavy atom. The molecule has 1 saturated heterocycles. The summed E-state index contributed by atoms with van der Waals surface area (Å²) in [6.45, 7) is 7.00. The maximum absolute atomic E-state index is 13.3. The summed E-state index contributed by atoms with van der Waals surface area (Å²) in [6.07, 6.45) is 0. The summed E-state index contributed by atoms with van der Waals surface area (Å²) < 4.78 is 26.6. The first-order chi connectivity index (χ1) is 18.8. The lowest BCUT2D eigenvalue weighted by atomic mass is 10.0. The molecule has 0 spiro atoms. The van der Waals surface area contributed by atoms with Gasteiger partial charge in [-0.1, -0.05) is 120 Å². The molecular weight excluding hydrogens is 500 g/mol. The molecule has 0 saturated carbocycles. The van der Waals surface area contributed by atoms with Crippen molar-refractivity contribution in [3.8, 4) is 0 Å². The molecule has 5 heteroatoms. The van der Waals surface area contributed by atoms with Gasteiger partial charge in [0.25, 0.3) is 0 Å². The molecule has 1 aliphatic rings. The molecule has 0 aromatic heterocycles. The molecule has 0 radical (unpaired) electrons. The van der Waals surface area contributed by atoms with Gasteiger partial charge in [-0.3, -0.25) is 9.80 Å². The summed E-state index contributed by atoms with van der Waals surface area (Å²) in [6, 6.07) is 37.8. The molecule has 5 rings (SSSR count). The van der Waals surface area contributed by atoms with Gasteiger partial charge >= 0.3 is 0 Å². The number of sulfone groups is 1. The van der Waals surface area contributed by atoms with E-state index in [1.54, 1.807) is 0 Å². The molecule has 0 bridgehead atoms. The average molecular weight is 539 g/mol. The van der Waals surface area contributed by atoms with Gasteiger partial charge in [0.1, 0.15) is 0 Å². The molecular formula is C34H38N2O2S. The lowest BCUT2D eigenvalue weighted by molar-refractivity contribution is 0.0863. The molecule has 202 valence electrons. The SMILES string of the molecule is Cc1ccc(CN(Cc2ccccc2)[C@@H]2CS(=O)(=O)C[C@H]2N(Cc2ccccc2)Cc2ccc(C)cc2)cc1. The standard InChI is InChI=1S/C34H38N2O2S/c1-27-13-17-31(18-14-27)23-35(21-29-9-5-3-6-10-29)33-25-39(37,38)26-34(33)36(22-30-11-7-4-8-12-30)24-32-19-15-28(2)16-20-32/h3-20,33-34H,21-26H2,1-2H3/t33-,34-/m1/s1. The van der Waals surface area contributed by atoms with Gasteiger partial charge in [-0.05, 0) is 36.1 Å². The highest BCUT2D eigenvalue weighted by molar-refractivity contribution is 7.91. The van der Waals surface area contributed by atoms with Crippen molar-refractivity contribution in [2.24, 2.45) is 0 Å². The predicted molar refractivity (Wildman–Crippen MR) is 160 cm³/mol. The van der Waals surface area contributed by atoms with E-state index in [1.807, 2.05) is 12.1 Å². The average Bonchev–Trinajstić information content (AvgIpc) is 3.27. The van der Waals surface area contributed by atoms with E-state index in [4.69, 9.17) is 0 Å². The number of rotatable bonds is 10. The molecule has 1 heterocycles. The Balaban J connectivity index is 1.51. The molecule has 0 N–H and O–H groups in total. The van der Waals surface area contributed by atoms with E-state index in [2.05, 4.69) is 121 Å². The largest absolute Gasteiger partial charge is 0.289 e. The summed E-state index contributed by atoms with van der Waals surface area (Å²) in [5, 5.41) is 0. The van der Waals surface area contributed by atoms with Crippen LogP contribution in [0.15, 0.2) is 109 Å². The van der Waals surface area contributed by atoms with Crippen molar-refractivity contribution in [1.29, 1.82) is 0 Å². The molecule has 4 aromatic rings. The number of hydrogen-bond donors (Lipinski definition) is 0. The fourth-order valence-corrected chi connectivity index (χ4v) is 7.62. The van der Waals surface area contributed by atoms with Crippen LogP contribution < -0.4 is 0 Å². The van der Waals surface area contributed by atoms with Crippen LogP contribution in [-0.2, 0) is 36.0 Å². The molecule has 4 aromatic carbocycles. The fourth-order valence-electron chi connectivity index (χ4n) is 5.58. The number of benzene rings is 4. The molecule has 0 aliphatic carbocycles. The van der Waals surface area contributed by atoms with Crippen LogP contribution in [0, 0.1) is 13.8 Å². The third kappa shape index (κ3) is 7.45. The van der Waals surface area contributed by atoms with Crippen molar-refractivity contribution in [2.45, 2.75) is 52.1 Å². The Hall–Kier alpha value is -3.25. The monoisotopic (exact) mass is 538 g/mol. The first-order valence-corrected chi connectivity index (χ1v) is 15.5. The zero-order chi connectivity index (χ0) is 27.2. The van der Waals surface area contributed by atoms with E-state index in [1.165, 1.54) is 33.4 Å². The van der Waals surface area contributed by atoms with Crippen molar-refractivity contribution in [2.75, 3.05) is 11.5 Å². The summed E-state index contributed by atoms with van der Waals surface area (Å²) in [7, 11) is -3.20. The van der Waals surface area contributed by atoms with Crippen LogP contribution in [0.1, 0.15) is 33.4 Å². The van der Waals surface area contributed by atoms with Crippen LogP contribution in [-0.4, -0.2) is 41.8 Å². The van der Waals surface area contributed by atoms with Crippen molar-refractivity contribution >= 4 is 9.84 Å². The molecule has 39 heavy (non-hydrogen) atoms.